The zero-order valence-electron chi connectivity index (χ0n) is 15.4. The zero-order valence-corrected chi connectivity index (χ0v) is 16.3. The van der Waals surface area contributed by atoms with Crippen LogP contribution in [0.1, 0.15) is 43.4 Å². The van der Waals surface area contributed by atoms with Gasteiger partial charge < -0.3 is 4.74 Å². The van der Waals surface area contributed by atoms with Gasteiger partial charge in [0, 0.05) is 19.3 Å². The predicted octanol–water partition coefficient (Wildman–Crippen LogP) is 3.73. The molecule has 1 heterocycles. The summed E-state index contributed by atoms with van der Waals surface area (Å²) in [5.41, 5.74) is 1.44. The van der Waals surface area contributed by atoms with Gasteiger partial charge in [0.1, 0.15) is 0 Å². The van der Waals surface area contributed by atoms with E-state index in [1.54, 1.807) is 13.2 Å². The number of rotatable bonds is 6. The fourth-order valence-electron chi connectivity index (χ4n) is 3.86. The van der Waals surface area contributed by atoms with Crippen molar-refractivity contribution in [3.63, 3.8) is 0 Å². The lowest BCUT2D eigenvalue weighted by Crippen LogP contribution is -2.50. The van der Waals surface area contributed by atoms with Crippen molar-refractivity contribution in [2.45, 2.75) is 42.7 Å². The van der Waals surface area contributed by atoms with Crippen LogP contribution in [-0.2, 0) is 14.6 Å². The Hall–Kier alpha value is -1.69. The Morgan fingerprint density at radius 1 is 1.12 bits per heavy atom. The zero-order chi connectivity index (χ0) is 18.6. The smallest absolute Gasteiger partial charge is 0.180 e. The maximum absolute atomic E-state index is 13.2. The Balaban J connectivity index is 2.11. The number of benzene rings is 2. The summed E-state index contributed by atoms with van der Waals surface area (Å²) in [6.45, 7) is 2.69. The van der Waals surface area contributed by atoms with Gasteiger partial charge in [-0.15, -0.1) is 0 Å². The maximum Gasteiger partial charge on any atom is 0.180 e. The van der Waals surface area contributed by atoms with Crippen LogP contribution in [0.4, 0.5) is 0 Å². The van der Waals surface area contributed by atoms with E-state index in [9.17, 15) is 8.42 Å². The first-order valence-electron chi connectivity index (χ1n) is 9.14. The highest BCUT2D eigenvalue weighted by Gasteiger charge is 2.41. The monoisotopic (exact) mass is 373 g/mol. The first kappa shape index (κ1) is 19.1. The van der Waals surface area contributed by atoms with Gasteiger partial charge in [-0.05, 0) is 36.5 Å². The summed E-state index contributed by atoms with van der Waals surface area (Å²) in [4.78, 5) is 0.448. The highest BCUT2D eigenvalue weighted by molar-refractivity contribution is 7.91. The third-order valence-electron chi connectivity index (χ3n) is 5.30. The van der Waals surface area contributed by atoms with Crippen LogP contribution in [-0.4, -0.2) is 33.4 Å². The molecule has 0 radical (unpaired) electrons. The SMILES string of the molecule is CC[C@]1(CCCOC)CS(=O)(=O)c2ccccc2[C@H](c2ccccc2)N1. The minimum absolute atomic E-state index is 0.112. The van der Waals surface area contributed by atoms with Crippen molar-refractivity contribution in [2.75, 3.05) is 19.5 Å². The Kier molecular flexibility index (Phi) is 5.80. The number of hydrogen-bond donors (Lipinski definition) is 1. The summed E-state index contributed by atoms with van der Waals surface area (Å²) in [6, 6.07) is 17.3. The molecule has 0 saturated heterocycles. The lowest BCUT2D eigenvalue weighted by Gasteiger charge is -2.35. The molecule has 1 aliphatic rings. The summed E-state index contributed by atoms with van der Waals surface area (Å²) in [5.74, 6) is 0.112. The van der Waals surface area contributed by atoms with Gasteiger partial charge in [0.05, 0.1) is 16.7 Å². The lowest BCUT2D eigenvalue weighted by atomic mass is 9.88. The molecule has 0 bridgehead atoms. The molecule has 1 aliphatic heterocycles. The minimum Gasteiger partial charge on any atom is -0.385 e. The quantitative estimate of drug-likeness (QED) is 0.784. The molecular formula is C21H27NO3S. The van der Waals surface area contributed by atoms with E-state index >= 15 is 0 Å². The standard InChI is InChI=1S/C21H27NO3S/c1-3-21(14-9-15-25-2)16-26(23,24)19-13-8-7-12-18(19)20(22-21)17-10-5-4-6-11-17/h4-8,10-13,20,22H,3,9,14-16H2,1-2H3/t20-,21-/m0/s1. The van der Waals surface area contributed by atoms with Crippen molar-refractivity contribution in [1.82, 2.24) is 5.32 Å². The third-order valence-corrected chi connectivity index (χ3v) is 7.27. The number of hydrogen-bond acceptors (Lipinski definition) is 4. The second kappa shape index (κ2) is 7.91. The summed E-state index contributed by atoms with van der Waals surface area (Å²) in [7, 11) is -1.70. The Morgan fingerprint density at radius 2 is 1.81 bits per heavy atom. The largest absolute Gasteiger partial charge is 0.385 e. The van der Waals surface area contributed by atoms with Crippen LogP contribution in [0, 0.1) is 0 Å². The van der Waals surface area contributed by atoms with E-state index in [-0.39, 0.29) is 11.8 Å². The molecule has 2 aromatic carbocycles. The molecule has 0 aromatic heterocycles. The molecule has 0 spiro atoms. The second-order valence-electron chi connectivity index (χ2n) is 7.02. The van der Waals surface area contributed by atoms with Crippen LogP contribution < -0.4 is 5.32 Å². The van der Waals surface area contributed by atoms with Gasteiger partial charge >= 0.3 is 0 Å². The van der Waals surface area contributed by atoms with Gasteiger partial charge in [-0.25, -0.2) is 8.42 Å². The van der Waals surface area contributed by atoms with E-state index in [1.165, 1.54) is 0 Å². The number of sulfone groups is 1. The van der Waals surface area contributed by atoms with Crippen LogP contribution in [0.15, 0.2) is 59.5 Å². The molecule has 0 fully saturated rings. The lowest BCUT2D eigenvalue weighted by molar-refractivity contribution is 0.176. The van der Waals surface area contributed by atoms with Crippen molar-refractivity contribution in [3.05, 3.63) is 65.7 Å². The molecule has 0 saturated carbocycles. The van der Waals surface area contributed by atoms with E-state index in [2.05, 4.69) is 24.4 Å². The van der Waals surface area contributed by atoms with E-state index in [1.807, 2.05) is 36.4 Å². The van der Waals surface area contributed by atoms with E-state index in [0.29, 0.717) is 11.5 Å². The minimum atomic E-state index is -3.38. The molecule has 0 aliphatic carbocycles. The predicted molar refractivity (Wildman–Crippen MR) is 104 cm³/mol. The van der Waals surface area contributed by atoms with Gasteiger partial charge in [-0.3, -0.25) is 5.32 Å². The molecule has 0 amide bonds. The van der Waals surface area contributed by atoms with E-state index < -0.39 is 15.4 Å². The molecule has 0 unspecified atom stereocenters. The van der Waals surface area contributed by atoms with Gasteiger partial charge in [-0.1, -0.05) is 55.5 Å². The number of ether oxygens (including phenoxy) is 1. The van der Waals surface area contributed by atoms with Crippen molar-refractivity contribution in [1.29, 1.82) is 0 Å². The first-order chi connectivity index (χ1) is 12.5. The Morgan fingerprint density at radius 3 is 2.50 bits per heavy atom. The molecule has 140 valence electrons. The van der Waals surface area contributed by atoms with Crippen LogP contribution in [0.25, 0.3) is 0 Å². The van der Waals surface area contributed by atoms with Crippen molar-refractivity contribution < 1.29 is 13.2 Å². The van der Waals surface area contributed by atoms with Crippen molar-refractivity contribution in [3.8, 4) is 0 Å². The summed E-state index contributed by atoms with van der Waals surface area (Å²) in [6.07, 6.45) is 2.33. The summed E-state index contributed by atoms with van der Waals surface area (Å²) >= 11 is 0. The van der Waals surface area contributed by atoms with E-state index in [0.717, 1.165) is 30.4 Å². The van der Waals surface area contributed by atoms with Gasteiger partial charge in [0.2, 0.25) is 0 Å². The molecule has 1 N–H and O–H groups in total. The van der Waals surface area contributed by atoms with E-state index in [4.69, 9.17) is 4.74 Å². The van der Waals surface area contributed by atoms with Crippen molar-refractivity contribution in [2.24, 2.45) is 0 Å². The molecule has 3 rings (SSSR count). The van der Waals surface area contributed by atoms with Gasteiger partial charge in [-0.2, -0.15) is 0 Å². The second-order valence-corrected chi connectivity index (χ2v) is 8.97. The fourth-order valence-corrected chi connectivity index (χ4v) is 6.00. The summed E-state index contributed by atoms with van der Waals surface area (Å²) < 4.78 is 31.6. The Labute approximate surface area is 156 Å². The first-order valence-corrected chi connectivity index (χ1v) is 10.8. The maximum atomic E-state index is 13.2. The molecular weight excluding hydrogens is 346 g/mol. The molecule has 26 heavy (non-hydrogen) atoms. The summed E-state index contributed by atoms with van der Waals surface area (Å²) in [5, 5.41) is 3.73. The number of nitrogens with one attached hydrogen (secondary N) is 1. The highest BCUT2D eigenvalue weighted by atomic mass is 32.2. The normalized spacial score (nSPS) is 24.6. The number of methoxy groups -OCH3 is 1. The molecule has 4 nitrogen and oxygen atoms in total. The average Bonchev–Trinajstić information content (AvgIpc) is 2.76. The molecule has 2 atom stereocenters. The third kappa shape index (κ3) is 3.85. The molecule has 2 aromatic rings. The highest BCUT2D eigenvalue weighted by Crippen LogP contribution is 2.37. The van der Waals surface area contributed by atoms with Crippen LogP contribution in [0.2, 0.25) is 0 Å². The topological polar surface area (TPSA) is 55.4 Å². The number of fused-ring (bicyclic) bond motifs is 1. The Bertz CT molecular complexity index is 835. The van der Waals surface area contributed by atoms with Gasteiger partial charge in [0.25, 0.3) is 0 Å². The average molecular weight is 374 g/mol. The van der Waals surface area contributed by atoms with Crippen LogP contribution in [0.3, 0.4) is 0 Å². The molecule has 5 heteroatoms. The van der Waals surface area contributed by atoms with Crippen LogP contribution in [0.5, 0.6) is 0 Å². The fraction of sp³-hybridized carbons (Fsp3) is 0.429. The van der Waals surface area contributed by atoms with Crippen LogP contribution >= 0.6 is 0 Å². The van der Waals surface area contributed by atoms with Crippen molar-refractivity contribution >= 4 is 9.84 Å². The van der Waals surface area contributed by atoms with Gasteiger partial charge in [0.15, 0.2) is 9.84 Å².